The van der Waals surface area contributed by atoms with Crippen LogP contribution in [0.2, 0.25) is 0 Å². The number of rotatable bonds is 2. The van der Waals surface area contributed by atoms with Gasteiger partial charge in [-0.25, -0.2) is 0 Å². The molecule has 1 aromatic heterocycles. The van der Waals surface area contributed by atoms with Crippen molar-refractivity contribution in [1.82, 2.24) is 10.2 Å². The van der Waals surface area contributed by atoms with E-state index < -0.39 is 0 Å². The van der Waals surface area contributed by atoms with Gasteiger partial charge in [-0.15, -0.1) is 16.7 Å². The number of hydrogen-bond acceptors (Lipinski definition) is 5. The molecule has 1 aliphatic rings. The maximum Gasteiger partial charge on any atom is 0.318 e. The van der Waals surface area contributed by atoms with E-state index in [4.69, 9.17) is 20.8 Å². The van der Waals surface area contributed by atoms with Gasteiger partial charge in [0.05, 0.1) is 18.2 Å². The summed E-state index contributed by atoms with van der Waals surface area (Å²) in [6.45, 7) is 7.63. The number of morpholine rings is 1. The van der Waals surface area contributed by atoms with Crippen LogP contribution in [-0.4, -0.2) is 35.0 Å². The van der Waals surface area contributed by atoms with Gasteiger partial charge in [0.2, 0.25) is 5.89 Å². The predicted octanol–water partition coefficient (Wildman–Crippen LogP) is 1.81. The maximum absolute atomic E-state index is 5.80. The molecule has 1 unspecified atom stereocenters. The summed E-state index contributed by atoms with van der Waals surface area (Å²) in [4.78, 5) is 2.04. The molecule has 1 atom stereocenters. The molecule has 5 nitrogen and oxygen atoms in total. The van der Waals surface area contributed by atoms with Crippen LogP contribution in [0.5, 0.6) is 0 Å². The highest BCUT2D eigenvalue weighted by Crippen LogP contribution is 2.25. The second-order valence-electron chi connectivity index (χ2n) is 4.68. The second-order valence-corrected chi connectivity index (χ2v) is 4.95. The lowest BCUT2D eigenvalue weighted by Gasteiger charge is -2.40. The average Bonchev–Trinajstić information content (AvgIpc) is 2.62. The Labute approximate surface area is 99.7 Å². The largest absolute Gasteiger partial charge is 0.407 e. The van der Waals surface area contributed by atoms with Crippen LogP contribution in [-0.2, 0) is 10.6 Å². The van der Waals surface area contributed by atoms with E-state index >= 15 is 0 Å². The second kappa shape index (κ2) is 4.22. The van der Waals surface area contributed by atoms with Crippen molar-refractivity contribution in [2.45, 2.75) is 38.4 Å². The predicted molar refractivity (Wildman–Crippen MR) is 60.7 cm³/mol. The van der Waals surface area contributed by atoms with Crippen molar-refractivity contribution in [3.05, 3.63) is 5.89 Å². The highest BCUT2D eigenvalue weighted by Gasteiger charge is 2.33. The lowest BCUT2D eigenvalue weighted by atomic mass is 10.1. The molecule has 90 valence electrons. The van der Waals surface area contributed by atoms with Crippen molar-refractivity contribution in [2.75, 3.05) is 18.0 Å². The van der Waals surface area contributed by atoms with Gasteiger partial charge < -0.3 is 14.1 Å². The van der Waals surface area contributed by atoms with E-state index in [1.54, 1.807) is 0 Å². The molecular weight excluding hydrogens is 230 g/mol. The number of anilines is 1. The number of alkyl halides is 1. The third kappa shape index (κ3) is 2.47. The minimum Gasteiger partial charge on any atom is -0.407 e. The summed E-state index contributed by atoms with van der Waals surface area (Å²) in [7, 11) is 0. The Morgan fingerprint density at radius 2 is 2.25 bits per heavy atom. The molecule has 2 heterocycles. The molecule has 0 aromatic carbocycles. The van der Waals surface area contributed by atoms with Crippen molar-refractivity contribution < 1.29 is 9.15 Å². The summed E-state index contributed by atoms with van der Waals surface area (Å²) in [5.74, 6) is 0.699. The molecule has 0 aliphatic carbocycles. The summed E-state index contributed by atoms with van der Waals surface area (Å²) in [5, 5.41) is 7.83. The lowest BCUT2D eigenvalue weighted by Crippen LogP contribution is -2.52. The minimum atomic E-state index is -0.201. The van der Waals surface area contributed by atoms with Crippen molar-refractivity contribution in [1.29, 1.82) is 0 Å². The van der Waals surface area contributed by atoms with Gasteiger partial charge in [-0.1, -0.05) is 5.10 Å². The fraction of sp³-hybridized carbons (Fsp3) is 0.800. The van der Waals surface area contributed by atoms with E-state index in [-0.39, 0.29) is 17.6 Å². The molecule has 6 heteroatoms. The molecule has 1 saturated heterocycles. The Kier molecular flexibility index (Phi) is 3.08. The van der Waals surface area contributed by atoms with E-state index in [0.717, 1.165) is 13.1 Å². The monoisotopic (exact) mass is 245 g/mol. The molecular formula is C10H16ClN3O2. The summed E-state index contributed by atoms with van der Waals surface area (Å²) in [6, 6.07) is 0.527. The van der Waals surface area contributed by atoms with Crippen LogP contribution in [0.25, 0.3) is 0 Å². The maximum atomic E-state index is 5.80. The molecule has 0 bridgehead atoms. The quantitative estimate of drug-likeness (QED) is 0.744. The third-order valence-electron chi connectivity index (χ3n) is 2.41. The molecule has 0 radical (unpaired) electrons. The van der Waals surface area contributed by atoms with Crippen LogP contribution in [0, 0.1) is 0 Å². The summed E-state index contributed by atoms with van der Waals surface area (Å²) < 4.78 is 11.2. The van der Waals surface area contributed by atoms with Crippen molar-refractivity contribution in [2.24, 2.45) is 0 Å². The Morgan fingerprint density at radius 1 is 1.50 bits per heavy atom. The first-order valence-corrected chi connectivity index (χ1v) is 5.85. The summed E-state index contributed by atoms with van der Waals surface area (Å²) in [5.41, 5.74) is -0.201. The minimum absolute atomic E-state index is 0.148. The Balaban J connectivity index is 2.14. The first-order chi connectivity index (χ1) is 7.50. The molecule has 0 amide bonds. The molecule has 1 aromatic rings. The fourth-order valence-corrected chi connectivity index (χ4v) is 2.13. The van der Waals surface area contributed by atoms with Gasteiger partial charge in [0, 0.05) is 6.54 Å². The number of ether oxygens (including phenoxy) is 1. The molecule has 0 N–H and O–H groups in total. The van der Waals surface area contributed by atoms with Crippen LogP contribution in [0.15, 0.2) is 4.42 Å². The van der Waals surface area contributed by atoms with Gasteiger partial charge in [0.1, 0.15) is 5.88 Å². The SMILES string of the molecule is CC1CN(c2nnc(CCl)o2)CC(C)(C)O1. The van der Waals surface area contributed by atoms with Crippen LogP contribution in [0.1, 0.15) is 26.7 Å². The van der Waals surface area contributed by atoms with Crippen LogP contribution >= 0.6 is 11.6 Å². The summed E-state index contributed by atoms with van der Waals surface area (Å²) >= 11 is 5.62. The third-order valence-corrected chi connectivity index (χ3v) is 2.64. The zero-order valence-electron chi connectivity index (χ0n) is 9.73. The van der Waals surface area contributed by atoms with E-state index in [1.165, 1.54) is 0 Å². The van der Waals surface area contributed by atoms with Crippen LogP contribution in [0.4, 0.5) is 6.01 Å². The Hall–Kier alpha value is -0.810. The van der Waals surface area contributed by atoms with Crippen molar-refractivity contribution in [3.8, 4) is 0 Å². The van der Waals surface area contributed by atoms with Crippen molar-refractivity contribution >= 4 is 17.6 Å². The molecule has 16 heavy (non-hydrogen) atoms. The van der Waals surface area contributed by atoms with Gasteiger partial charge in [-0.3, -0.25) is 0 Å². The Bertz CT molecular complexity index is 367. The number of halogens is 1. The highest BCUT2D eigenvalue weighted by atomic mass is 35.5. The van der Waals surface area contributed by atoms with Gasteiger partial charge in [-0.05, 0) is 20.8 Å². The van der Waals surface area contributed by atoms with Crippen LogP contribution < -0.4 is 4.90 Å². The standard InChI is InChI=1S/C10H16ClN3O2/c1-7-5-14(6-10(2,3)16-7)9-13-12-8(4-11)15-9/h7H,4-6H2,1-3H3. The zero-order valence-corrected chi connectivity index (χ0v) is 10.5. The van der Waals surface area contributed by atoms with Gasteiger partial charge in [-0.2, -0.15) is 0 Å². The van der Waals surface area contributed by atoms with E-state index in [1.807, 2.05) is 11.8 Å². The van der Waals surface area contributed by atoms with Gasteiger partial charge in [0.25, 0.3) is 0 Å². The number of hydrogen-bond donors (Lipinski definition) is 0. The van der Waals surface area contributed by atoms with Crippen LogP contribution in [0.3, 0.4) is 0 Å². The normalized spacial score (nSPS) is 24.8. The fourth-order valence-electron chi connectivity index (χ4n) is 2.03. The molecule has 0 spiro atoms. The Morgan fingerprint density at radius 3 is 2.81 bits per heavy atom. The molecule has 1 aliphatic heterocycles. The van der Waals surface area contributed by atoms with E-state index in [9.17, 15) is 0 Å². The lowest BCUT2D eigenvalue weighted by molar-refractivity contribution is -0.0761. The zero-order chi connectivity index (χ0) is 11.8. The number of nitrogens with zero attached hydrogens (tertiary/aromatic N) is 3. The molecule has 2 rings (SSSR count). The molecule has 1 fully saturated rings. The first-order valence-electron chi connectivity index (χ1n) is 5.31. The van der Waals surface area contributed by atoms with Gasteiger partial charge >= 0.3 is 6.01 Å². The highest BCUT2D eigenvalue weighted by molar-refractivity contribution is 6.16. The first kappa shape index (κ1) is 11.7. The van der Waals surface area contributed by atoms with E-state index in [0.29, 0.717) is 11.9 Å². The molecule has 0 saturated carbocycles. The topological polar surface area (TPSA) is 51.4 Å². The smallest absolute Gasteiger partial charge is 0.318 e. The number of aromatic nitrogens is 2. The summed E-state index contributed by atoms with van der Waals surface area (Å²) in [6.07, 6.45) is 0.148. The van der Waals surface area contributed by atoms with E-state index in [2.05, 4.69) is 24.0 Å². The average molecular weight is 246 g/mol. The van der Waals surface area contributed by atoms with Crippen molar-refractivity contribution in [3.63, 3.8) is 0 Å². The van der Waals surface area contributed by atoms with Gasteiger partial charge in [0.15, 0.2) is 0 Å².